The molecule has 1 fully saturated rings. The van der Waals surface area contributed by atoms with Crippen LogP contribution >= 0.6 is 11.3 Å². The molecule has 3 rings (SSSR count). The predicted molar refractivity (Wildman–Crippen MR) is 72.9 cm³/mol. The second kappa shape index (κ2) is 4.65. The molecule has 92 valence electrons. The Bertz CT molecular complexity index is 561. The van der Waals surface area contributed by atoms with E-state index < -0.39 is 0 Å². The molecule has 2 aromatic rings. The van der Waals surface area contributed by atoms with Gasteiger partial charge in [-0.3, -0.25) is 4.79 Å². The number of carbonyl (C=O) groups is 1. The average Bonchev–Trinajstić information content (AvgIpc) is 3.09. The van der Waals surface area contributed by atoms with Gasteiger partial charge in [-0.2, -0.15) is 0 Å². The first-order valence-electron chi connectivity index (χ1n) is 6.22. The van der Waals surface area contributed by atoms with Crippen LogP contribution in [0.25, 0.3) is 0 Å². The number of carbonyl (C=O) groups excluding carboxylic acids is 1. The highest BCUT2D eigenvalue weighted by Gasteiger charge is 2.43. The van der Waals surface area contributed by atoms with Gasteiger partial charge in [0.25, 0.3) is 0 Å². The number of nitrogens with zero attached hydrogens (tertiary/aromatic N) is 1. The van der Waals surface area contributed by atoms with Crippen molar-refractivity contribution in [2.75, 3.05) is 0 Å². The maximum absolute atomic E-state index is 12.1. The highest BCUT2D eigenvalue weighted by Crippen LogP contribution is 2.48. The van der Waals surface area contributed by atoms with Crippen LogP contribution in [-0.4, -0.2) is 10.8 Å². The van der Waals surface area contributed by atoms with Crippen LogP contribution in [-0.2, 0) is 11.2 Å². The number of thiazole rings is 1. The van der Waals surface area contributed by atoms with E-state index in [4.69, 9.17) is 0 Å². The number of Topliss-reactive ketones (excluding diaryl/α,β-unsaturated/α-hetero) is 1. The molecule has 1 saturated carbocycles. The van der Waals surface area contributed by atoms with E-state index in [0.29, 0.717) is 18.1 Å². The summed E-state index contributed by atoms with van der Waals surface area (Å²) in [5.74, 6) is 1.00. The number of benzene rings is 1. The largest absolute Gasteiger partial charge is 0.299 e. The molecule has 2 atom stereocenters. The third kappa shape index (κ3) is 2.36. The maximum atomic E-state index is 12.1. The van der Waals surface area contributed by atoms with Crippen LogP contribution in [0.5, 0.6) is 0 Å². The first kappa shape index (κ1) is 11.6. The molecule has 0 saturated heterocycles. The molecule has 3 heteroatoms. The van der Waals surface area contributed by atoms with Crippen LogP contribution in [0.15, 0.2) is 35.7 Å². The van der Waals surface area contributed by atoms with E-state index >= 15 is 0 Å². The van der Waals surface area contributed by atoms with Crippen LogP contribution in [0.3, 0.4) is 0 Å². The van der Waals surface area contributed by atoms with Crippen molar-refractivity contribution in [2.45, 2.75) is 25.7 Å². The molecule has 0 bridgehead atoms. The maximum Gasteiger partial charge on any atom is 0.142 e. The van der Waals surface area contributed by atoms with E-state index in [1.807, 2.05) is 30.5 Å². The number of rotatable bonds is 4. The summed E-state index contributed by atoms with van der Waals surface area (Å²) in [6.07, 6.45) is 1.50. The van der Waals surface area contributed by atoms with Gasteiger partial charge in [-0.05, 0) is 24.8 Å². The molecule has 2 nitrogen and oxygen atoms in total. The van der Waals surface area contributed by atoms with Crippen molar-refractivity contribution in [1.29, 1.82) is 0 Å². The number of ketones is 1. The summed E-state index contributed by atoms with van der Waals surface area (Å²) in [6.45, 7) is 1.97. The third-order valence-corrected chi connectivity index (χ3v) is 4.28. The molecule has 0 radical (unpaired) electrons. The summed E-state index contributed by atoms with van der Waals surface area (Å²) >= 11 is 1.61. The average molecular weight is 257 g/mol. The fraction of sp³-hybridized carbons (Fsp3) is 0.333. The van der Waals surface area contributed by atoms with Gasteiger partial charge < -0.3 is 0 Å². The molecular formula is C15H15NOS. The first-order valence-corrected chi connectivity index (χ1v) is 7.10. The number of hydrogen-bond donors (Lipinski definition) is 0. The van der Waals surface area contributed by atoms with Gasteiger partial charge in [0.05, 0.1) is 10.7 Å². The van der Waals surface area contributed by atoms with Crippen molar-refractivity contribution in [1.82, 2.24) is 4.98 Å². The van der Waals surface area contributed by atoms with E-state index in [1.165, 1.54) is 5.56 Å². The van der Waals surface area contributed by atoms with Gasteiger partial charge >= 0.3 is 0 Å². The lowest BCUT2D eigenvalue weighted by atomic mass is 10.1. The Balaban J connectivity index is 1.63. The number of aromatic nitrogens is 1. The highest BCUT2D eigenvalue weighted by atomic mass is 32.1. The molecule has 1 heterocycles. The van der Waals surface area contributed by atoms with Gasteiger partial charge in [0.2, 0.25) is 0 Å². The Morgan fingerprint density at radius 1 is 1.39 bits per heavy atom. The molecule has 1 aliphatic rings. The van der Waals surface area contributed by atoms with Crippen LogP contribution in [0.4, 0.5) is 0 Å². The SMILES string of the molecule is Cc1nc(CC(=O)C2CC2c2ccccc2)cs1. The summed E-state index contributed by atoms with van der Waals surface area (Å²) in [4.78, 5) is 16.5. The minimum absolute atomic E-state index is 0.217. The lowest BCUT2D eigenvalue weighted by molar-refractivity contribution is -0.119. The smallest absolute Gasteiger partial charge is 0.142 e. The summed E-state index contributed by atoms with van der Waals surface area (Å²) < 4.78 is 0. The van der Waals surface area contributed by atoms with Gasteiger partial charge in [-0.25, -0.2) is 4.98 Å². The topological polar surface area (TPSA) is 30.0 Å². The molecule has 18 heavy (non-hydrogen) atoms. The van der Waals surface area contributed by atoms with Crippen molar-refractivity contribution in [3.63, 3.8) is 0 Å². The van der Waals surface area contributed by atoms with Crippen LogP contribution in [0.1, 0.15) is 28.6 Å². The lowest BCUT2D eigenvalue weighted by Gasteiger charge is -1.99. The Labute approximate surface area is 111 Å². The molecule has 0 spiro atoms. The second-order valence-electron chi connectivity index (χ2n) is 4.86. The zero-order chi connectivity index (χ0) is 12.5. The van der Waals surface area contributed by atoms with Crippen molar-refractivity contribution in [3.8, 4) is 0 Å². The van der Waals surface area contributed by atoms with E-state index in [1.54, 1.807) is 11.3 Å². The Morgan fingerprint density at radius 3 is 2.83 bits per heavy atom. The minimum atomic E-state index is 0.217. The Kier molecular flexibility index (Phi) is 3.00. The monoisotopic (exact) mass is 257 g/mol. The molecular weight excluding hydrogens is 242 g/mol. The first-order chi connectivity index (χ1) is 8.74. The third-order valence-electron chi connectivity index (χ3n) is 3.45. The van der Waals surface area contributed by atoms with Crippen molar-refractivity contribution in [2.24, 2.45) is 5.92 Å². The predicted octanol–water partition coefficient (Wildman–Crippen LogP) is 3.37. The summed E-state index contributed by atoms with van der Waals surface area (Å²) in [7, 11) is 0. The summed E-state index contributed by atoms with van der Waals surface area (Å²) in [5, 5.41) is 3.03. The normalized spacial score (nSPS) is 21.8. The van der Waals surface area contributed by atoms with Crippen molar-refractivity contribution < 1.29 is 4.79 Å². The molecule has 0 aliphatic heterocycles. The Hall–Kier alpha value is -1.48. The van der Waals surface area contributed by atoms with Crippen LogP contribution in [0, 0.1) is 12.8 Å². The minimum Gasteiger partial charge on any atom is -0.299 e. The zero-order valence-electron chi connectivity index (χ0n) is 10.3. The van der Waals surface area contributed by atoms with Gasteiger partial charge in [0.15, 0.2) is 0 Å². The van der Waals surface area contributed by atoms with Crippen LogP contribution in [0.2, 0.25) is 0 Å². The molecule has 1 aromatic carbocycles. The zero-order valence-corrected chi connectivity index (χ0v) is 11.1. The van der Waals surface area contributed by atoms with Gasteiger partial charge in [0.1, 0.15) is 5.78 Å². The van der Waals surface area contributed by atoms with E-state index in [0.717, 1.165) is 17.1 Å². The fourth-order valence-electron chi connectivity index (χ4n) is 2.42. The van der Waals surface area contributed by atoms with E-state index in [2.05, 4.69) is 17.1 Å². The highest BCUT2D eigenvalue weighted by molar-refractivity contribution is 7.09. The van der Waals surface area contributed by atoms with Crippen molar-refractivity contribution >= 4 is 17.1 Å². The molecule has 1 aromatic heterocycles. The van der Waals surface area contributed by atoms with Gasteiger partial charge in [0, 0.05) is 17.7 Å². The quantitative estimate of drug-likeness (QED) is 0.840. The second-order valence-corrected chi connectivity index (χ2v) is 5.92. The standard InChI is InChI=1S/C15H15NOS/c1-10-16-12(9-18-10)7-15(17)14-8-13(14)11-5-3-2-4-6-11/h2-6,9,13-14H,7-8H2,1H3. The summed E-state index contributed by atoms with van der Waals surface area (Å²) in [6, 6.07) is 10.3. The molecule has 1 aliphatic carbocycles. The van der Waals surface area contributed by atoms with Crippen LogP contribution < -0.4 is 0 Å². The lowest BCUT2D eigenvalue weighted by Crippen LogP contribution is -2.06. The van der Waals surface area contributed by atoms with E-state index in [9.17, 15) is 4.79 Å². The molecule has 0 N–H and O–H groups in total. The van der Waals surface area contributed by atoms with Gasteiger partial charge in [-0.1, -0.05) is 30.3 Å². The Morgan fingerprint density at radius 2 is 2.17 bits per heavy atom. The molecule has 2 unspecified atom stereocenters. The number of aryl methyl sites for hydroxylation is 1. The fourth-order valence-corrected chi connectivity index (χ4v) is 3.03. The summed E-state index contributed by atoms with van der Waals surface area (Å²) in [5.41, 5.74) is 2.23. The molecule has 0 amide bonds. The van der Waals surface area contributed by atoms with Gasteiger partial charge in [-0.15, -0.1) is 11.3 Å². The number of hydrogen-bond acceptors (Lipinski definition) is 3. The van der Waals surface area contributed by atoms with E-state index in [-0.39, 0.29) is 5.92 Å². The van der Waals surface area contributed by atoms with Crippen molar-refractivity contribution in [3.05, 3.63) is 52.0 Å².